The van der Waals surface area contributed by atoms with Crippen LogP contribution in [0, 0.1) is 0 Å². The Morgan fingerprint density at radius 3 is 1.08 bits per heavy atom. The minimum Gasteiger partial charge on any atom is -0.493 e. The zero-order chi connectivity index (χ0) is 47.0. The molecule has 12 heteroatoms. The van der Waals surface area contributed by atoms with Crippen LogP contribution in [0.4, 0.5) is 9.59 Å². The van der Waals surface area contributed by atoms with E-state index in [0.717, 1.165) is 43.8 Å². The zero-order valence-corrected chi connectivity index (χ0v) is 45.5. The van der Waals surface area contributed by atoms with Gasteiger partial charge in [0.2, 0.25) is 0 Å². The van der Waals surface area contributed by atoms with Gasteiger partial charge >= 0.3 is 10.9 Å². The maximum absolute atomic E-state index is 11.3. The van der Waals surface area contributed by atoms with E-state index in [9.17, 15) is 9.59 Å². The second kappa shape index (κ2) is 35.9. The van der Waals surface area contributed by atoms with Gasteiger partial charge in [0.25, 0.3) is 0 Å². The van der Waals surface area contributed by atoms with Crippen LogP contribution in [0.3, 0.4) is 0 Å². The number of benzene rings is 1. The molecule has 364 valence electrons. The van der Waals surface area contributed by atoms with Crippen molar-refractivity contribution in [1.82, 2.24) is 0 Å². The molecule has 0 radical (unpaired) electrons. The molecule has 0 aliphatic rings. The van der Waals surface area contributed by atoms with E-state index in [0.29, 0.717) is 52.2 Å². The molecule has 62 heavy (non-hydrogen) atoms. The third-order valence-corrected chi connectivity index (χ3v) is 25.3. The Bertz CT molecular complexity index is 1230. The molecule has 0 atom stereocenters. The first-order chi connectivity index (χ1) is 29.4. The molecule has 1 aromatic carbocycles. The third-order valence-electron chi connectivity index (χ3n) is 12.8. The number of hydrogen-bond donors (Lipinski definition) is 0. The molecule has 0 amide bonds. The van der Waals surface area contributed by atoms with Crippen molar-refractivity contribution in [3.63, 3.8) is 0 Å². The Morgan fingerprint density at radius 2 is 0.774 bits per heavy atom. The number of carbonyl (C=O) groups excluding carboxylic acids is 2. The zero-order valence-electron chi connectivity index (χ0n) is 42.0. The second-order valence-corrected chi connectivity index (χ2v) is 30.7. The third kappa shape index (κ3) is 24.8. The van der Waals surface area contributed by atoms with Gasteiger partial charge in [-0.25, -0.2) is 9.59 Å². The molecule has 0 spiro atoms. The van der Waals surface area contributed by atoms with E-state index in [-0.39, 0.29) is 6.61 Å². The number of ether oxygens (including phenoxy) is 4. The second-order valence-electron chi connectivity index (χ2n) is 19.1. The molecule has 0 saturated heterocycles. The fourth-order valence-corrected chi connectivity index (χ4v) is 20.8. The van der Waals surface area contributed by atoms with Crippen LogP contribution in [0.25, 0.3) is 0 Å². The van der Waals surface area contributed by atoms with E-state index < -0.39 is 27.5 Å². The molecule has 0 unspecified atom stereocenters. The lowest BCUT2D eigenvalue weighted by Crippen LogP contribution is -2.47. The monoisotopic (exact) mass is 949 g/mol. The van der Waals surface area contributed by atoms with Gasteiger partial charge in [0.1, 0.15) is 18.1 Å². The molecule has 0 N–H and O–H groups in total. The Labute approximate surface area is 393 Å². The fraction of sp³-hybridized carbons (Fsp3) is 0.840. The summed E-state index contributed by atoms with van der Waals surface area (Å²) in [7, 11) is -2.24. The smallest absolute Gasteiger partial charge is 0.404 e. The predicted molar refractivity (Wildman–Crippen MR) is 269 cm³/mol. The maximum atomic E-state index is 11.3. The summed E-state index contributed by atoms with van der Waals surface area (Å²) in [5.41, 5.74) is 3.17. The van der Waals surface area contributed by atoms with Gasteiger partial charge in [0, 0.05) is 48.0 Å². The first-order valence-electron chi connectivity index (χ1n) is 24.6. The van der Waals surface area contributed by atoms with Crippen LogP contribution < -0.4 is 9.47 Å². The summed E-state index contributed by atoms with van der Waals surface area (Å²) in [6, 6.07) is 5.77. The van der Waals surface area contributed by atoms with Gasteiger partial charge < -0.3 is 27.8 Å². The molecule has 0 aromatic heterocycles. The average Bonchev–Trinajstić information content (AvgIpc) is 3.20. The van der Waals surface area contributed by atoms with Crippen molar-refractivity contribution in [2.24, 2.45) is 0 Å². The Hall–Kier alpha value is -1.31. The standard InChI is InChI=1S/C48H91ClO6Si2.C2H3ClO2/c1-39(2)56(40(3)4,41(5)6)54-35-29-25-21-17-13-15-19-23-27-33-51-46-32-31-45(38-53-48(49)50)47(37-46)52-34-28-24-20-16-14-18-22-26-30-36-55-57(42(7)8,43(9)10)44(11)12;1-5-2(3)4/h31-32,37,39-44H,13-30,33-36,38H2,1-12H3;1H3. The summed E-state index contributed by atoms with van der Waals surface area (Å²) >= 11 is 10.1. The van der Waals surface area contributed by atoms with Gasteiger partial charge in [0.05, 0.1) is 20.3 Å². The summed E-state index contributed by atoms with van der Waals surface area (Å²) in [6.45, 7) is 31.7. The highest BCUT2D eigenvalue weighted by Crippen LogP contribution is 2.43. The van der Waals surface area contributed by atoms with E-state index in [1.54, 1.807) is 0 Å². The highest BCUT2D eigenvalue weighted by molar-refractivity contribution is 6.78. The minimum absolute atomic E-state index is 0.0878. The number of hydrogen-bond acceptors (Lipinski definition) is 8. The molecule has 0 saturated carbocycles. The molecular weight excluding hydrogens is 856 g/mol. The average molecular weight is 950 g/mol. The highest BCUT2D eigenvalue weighted by Gasteiger charge is 2.45. The van der Waals surface area contributed by atoms with Gasteiger partial charge in [-0.05, 0) is 71.1 Å². The van der Waals surface area contributed by atoms with E-state index in [1.807, 2.05) is 18.2 Å². The Morgan fingerprint density at radius 1 is 0.468 bits per heavy atom. The summed E-state index contributed by atoms with van der Waals surface area (Å²) in [4.78, 5) is 20.6. The number of methoxy groups -OCH3 is 1. The molecule has 1 aromatic rings. The van der Waals surface area contributed by atoms with Gasteiger partial charge in [-0.2, -0.15) is 0 Å². The van der Waals surface area contributed by atoms with Crippen molar-refractivity contribution < 1.29 is 37.4 Å². The normalized spacial score (nSPS) is 12.1. The minimum atomic E-state index is -1.73. The Balaban J connectivity index is 0.00000700. The molecular formula is C50H94Cl2O8Si2. The van der Waals surface area contributed by atoms with E-state index in [4.69, 9.17) is 34.7 Å². The van der Waals surface area contributed by atoms with Crippen LogP contribution in [-0.4, -0.2) is 61.0 Å². The van der Waals surface area contributed by atoms with Crippen molar-refractivity contribution in [2.75, 3.05) is 33.5 Å². The van der Waals surface area contributed by atoms with Crippen molar-refractivity contribution in [2.45, 2.75) is 239 Å². The molecule has 0 heterocycles. The first-order valence-corrected chi connectivity index (χ1v) is 29.7. The topological polar surface area (TPSA) is 89.5 Å². The lowest BCUT2D eigenvalue weighted by Gasteiger charge is -2.42. The van der Waals surface area contributed by atoms with Crippen LogP contribution in [-0.2, 0) is 24.9 Å². The van der Waals surface area contributed by atoms with Crippen LogP contribution in [0.2, 0.25) is 33.2 Å². The van der Waals surface area contributed by atoms with Crippen LogP contribution >= 0.6 is 23.2 Å². The summed E-state index contributed by atoms with van der Waals surface area (Å²) < 4.78 is 34.7. The van der Waals surface area contributed by atoms with Gasteiger partial charge in [-0.15, -0.1) is 0 Å². The summed E-state index contributed by atoms with van der Waals surface area (Å²) in [5.74, 6) is 1.50. The van der Waals surface area contributed by atoms with Gasteiger partial charge in [-0.1, -0.05) is 173 Å². The maximum Gasteiger partial charge on any atom is 0.404 e. The van der Waals surface area contributed by atoms with E-state index in [1.165, 1.54) is 103 Å². The molecule has 0 aliphatic heterocycles. The van der Waals surface area contributed by atoms with Crippen molar-refractivity contribution >= 4 is 50.7 Å². The number of halogens is 2. The lowest BCUT2D eigenvalue weighted by atomic mass is 10.1. The molecule has 1 rings (SSSR count). The predicted octanol–water partition coefficient (Wildman–Crippen LogP) is 17.7. The van der Waals surface area contributed by atoms with E-state index in [2.05, 4.69) is 99.4 Å². The molecule has 0 bridgehead atoms. The quantitative estimate of drug-likeness (QED) is 0.0373. The fourth-order valence-electron chi connectivity index (χ4n) is 9.77. The van der Waals surface area contributed by atoms with Crippen LogP contribution in [0.15, 0.2) is 18.2 Å². The highest BCUT2D eigenvalue weighted by atomic mass is 35.5. The van der Waals surface area contributed by atoms with Crippen molar-refractivity contribution in [3.05, 3.63) is 23.8 Å². The first kappa shape index (κ1) is 60.7. The Kier molecular flexibility index (Phi) is 35.1. The number of unbranched alkanes of at least 4 members (excludes halogenated alkanes) is 16. The molecule has 8 nitrogen and oxygen atoms in total. The largest absolute Gasteiger partial charge is 0.493 e. The molecule has 0 aliphatic carbocycles. The number of rotatable bonds is 36. The number of carbonyl (C=O) groups is 2. The van der Waals surface area contributed by atoms with Crippen molar-refractivity contribution in [3.8, 4) is 11.5 Å². The van der Waals surface area contributed by atoms with Gasteiger partial charge in [0.15, 0.2) is 16.6 Å². The lowest BCUT2D eigenvalue weighted by molar-refractivity contribution is 0.165. The molecule has 0 fully saturated rings. The van der Waals surface area contributed by atoms with E-state index >= 15 is 0 Å². The summed E-state index contributed by atoms with van der Waals surface area (Å²) in [5, 5.41) is 0. The summed E-state index contributed by atoms with van der Waals surface area (Å²) in [6.07, 6.45) is 22.2. The van der Waals surface area contributed by atoms with Crippen LogP contribution in [0.5, 0.6) is 11.5 Å². The van der Waals surface area contributed by atoms with Crippen LogP contribution in [0.1, 0.15) is 204 Å². The SMILES string of the molecule is CC(C)[Si](OCCCCCCCCCCCOc1ccc(COC(=O)Cl)c(OCCCCCCCCCCCO[Si](C(C)C)(C(C)C)C(C)C)c1)(C(C)C)C(C)C.COC(=O)Cl. The van der Waals surface area contributed by atoms with Crippen molar-refractivity contribution in [1.29, 1.82) is 0 Å². The van der Waals surface area contributed by atoms with Gasteiger partial charge in [-0.3, -0.25) is 0 Å².